The molecule has 212 valence electrons. The van der Waals surface area contributed by atoms with Crippen molar-refractivity contribution < 1.29 is 22.9 Å². The Kier molecular flexibility index (Phi) is 12.4. The Morgan fingerprint density at radius 2 is 1.95 bits per heavy atom. The first kappa shape index (κ1) is 31.0. The predicted molar refractivity (Wildman–Crippen MR) is 145 cm³/mol. The molecule has 0 unspecified atom stereocenters. The fourth-order valence-corrected chi connectivity index (χ4v) is 4.50. The Labute approximate surface area is 224 Å². The van der Waals surface area contributed by atoms with E-state index in [0.717, 1.165) is 37.0 Å². The van der Waals surface area contributed by atoms with E-state index in [0.29, 0.717) is 0 Å². The fraction of sp³-hybridized carbons (Fsp3) is 0.583. The summed E-state index contributed by atoms with van der Waals surface area (Å²) in [5.74, 6) is -0.854. The zero-order valence-electron chi connectivity index (χ0n) is 22.3. The van der Waals surface area contributed by atoms with Gasteiger partial charge >= 0.3 is 5.97 Å². The van der Waals surface area contributed by atoms with Crippen LogP contribution in [-0.2, 0) is 32.5 Å². The van der Waals surface area contributed by atoms with E-state index in [1.54, 1.807) is 11.8 Å². The number of aliphatic imine (C=N–C) groups is 1. The first-order valence-electron chi connectivity index (χ1n) is 12.5. The molecule has 4 N–H and O–H groups in total. The summed E-state index contributed by atoms with van der Waals surface area (Å²) in [5, 5.41) is 17.3. The molecule has 1 fully saturated rings. The van der Waals surface area contributed by atoms with Crippen LogP contribution < -0.4 is 16.4 Å². The number of esters is 1. The van der Waals surface area contributed by atoms with Crippen LogP contribution in [0.15, 0.2) is 40.8 Å². The number of nitrogens with one attached hydrogen (secondary N) is 2. The highest BCUT2D eigenvalue weighted by Crippen LogP contribution is 2.16. The van der Waals surface area contributed by atoms with Gasteiger partial charge < -0.3 is 21.1 Å². The number of hydrogen-bond acceptors (Lipinski definition) is 10. The van der Waals surface area contributed by atoms with Gasteiger partial charge in [0.2, 0.25) is 0 Å². The van der Waals surface area contributed by atoms with Gasteiger partial charge in [-0.05, 0) is 44.0 Å². The third-order valence-corrected chi connectivity index (χ3v) is 6.75. The van der Waals surface area contributed by atoms with Crippen molar-refractivity contribution in [3.63, 3.8) is 0 Å². The number of carbonyl (C=O) groups excluding carboxylic acids is 1. The van der Waals surface area contributed by atoms with Gasteiger partial charge in [-0.25, -0.2) is 8.42 Å². The fourth-order valence-electron chi connectivity index (χ4n) is 4.03. The van der Waals surface area contributed by atoms with Gasteiger partial charge in [0, 0.05) is 32.9 Å². The topological polar surface area (TPSA) is 172 Å². The highest BCUT2D eigenvalue weighted by Gasteiger charge is 2.24. The zero-order valence-corrected chi connectivity index (χ0v) is 23.1. The summed E-state index contributed by atoms with van der Waals surface area (Å²) in [6, 6.07) is 7.94. The minimum atomic E-state index is -3.21. The van der Waals surface area contributed by atoms with Crippen LogP contribution in [0, 0.1) is 10.1 Å². The molecule has 0 saturated carbocycles. The van der Waals surface area contributed by atoms with E-state index in [1.807, 2.05) is 24.3 Å². The molecular formula is C24H39N7O6S. The number of guanidine groups is 1. The third-order valence-electron chi connectivity index (χ3n) is 5.81. The van der Waals surface area contributed by atoms with E-state index in [-0.39, 0.29) is 56.0 Å². The molecule has 2 rings (SSSR count). The Morgan fingerprint density at radius 1 is 1.26 bits per heavy atom. The molecule has 1 saturated heterocycles. The molecular weight excluding hydrogens is 514 g/mol. The third kappa shape index (κ3) is 11.4. The Bertz CT molecular complexity index is 1120. The van der Waals surface area contributed by atoms with Gasteiger partial charge in [0.1, 0.15) is 9.84 Å². The van der Waals surface area contributed by atoms with E-state index in [4.69, 9.17) is 10.5 Å². The molecule has 0 aliphatic carbocycles. The monoisotopic (exact) mass is 553 g/mol. The van der Waals surface area contributed by atoms with Crippen LogP contribution in [0.2, 0.25) is 0 Å². The SMILES string of the molecule is CCOC(=O)CN(C/C(=C(/N)NC(=NC)NCCS(C)(=O)=O)[N+](=O)[O-])Cc1cccc(CN2CCCC2)c1. The molecule has 0 atom stereocenters. The smallest absolute Gasteiger partial charge is 0.320 e. The second kappa shape index (κ2) is 15.2. The summed E-state index contributed by atoms with van der Waals surface area (Å²) in [6.07, 6.45) is 3.48. The second-order valence-corrected chi connectivity index (χ2v) is 11.4. The van der Waals surface area contributed by atoms with Gasteiger partial charge in [-0.3, -0.25) is 29.7 Å². The summed E-state index contributed by atoms with van der Waals surface area (Å²) in [4.78, 5) is 31.5. The molecule has 1 aromatic carbocycles. The van der Waals surface area contributed by atoms with Crippen molar-refractivity contribution in [3.8, 4) is 0 Å². The van der Waals surface area contributed by atoms with E-state index in [1.165, 1.54) is 19.9 Å². The number of nitrogens with two attached hydrogens (primary N) is 1. The summed E-state index contributed by atoms with van der Waals surface area (Å²) in [6.45, 7) is 4.72. The van der Waals surface area contributed by atoms with Gasteiger partial charge in [0.25, 0.3) is 5.70 Å². The Balaban J connectivity index is 2.20. The minimum absolute atomic E-state index is 0.0440. The molecule has 1 heterocycles. The van der Waals surface area contributed by atoms with Crippen LogP contribution >= 0.6 is 0 Å². The first-order valence-corrected chi connectivity index (χ1v) is 14.5. The summed E-state index contributed by atoms with van der Waals surface area (Å²) >= 11 is 0. The number of nitrogens with zero attached hydrogens (tertiary/aromatic N) is 4. The van der Waals surface area contributed by atoms with E-state index < -0.39 is 20.7 Å². The predicted octanol–water partition coefficient (Wildman–Crippen LogP) is 0.262. The molecule has 1 aliphatic heterocycles. The van der Waals surface area contributed by atoms with Gasteiger partial charge in [0.15, 0.2) is 11.8 Å². The number of likely N-dealkylation sites (tertiary alicyclic amines) is 1. The number of sulfone groups is 1. The maximum Gasteiger partial charge on any atom is 0.320 e. The first-order chi connectivity index (χ1) is 18.0. The number of rotatable bonds is 14. The molecule has 0 aromatic heterocycles. The summed E-state index contributed by atoms with van der Waals surface area (Å²) in [7, 11) is -1.78. The maximum absolute atomic E-state index is 12.3. The molecule has 38 heavy (non-hydrogen) atoms. The molecule has 0 amide bonds. The van der Waals surface area contributed by atoms with Crippen LogP contribution in [0.1, 0.15) is 30.9 Å². The molecule has 1 aromatic rings. The Hall–Kier alpha value is -3.23. The lowest BCUT2D eigenvalue weighted by Gasteiger charge is -2.22. The van der Waals surface area contributed by atoms with Gasteiger partial charge in [0.05, 0.1) is 30.4 Å². The van der Waals surface area contributed by atoms with Crippen molar-refractivity contribution in [3.05, 3.63) is 57.0 Å². The quantitative estimate of drug-likeness (QED) is 0.0948. The molecule has 13 nitrogen and oxygen atoms in total. The largest absolute Gasteiger partial charge is 0.465 e. The van der Waals surface area contributed by atoms with Crippen LogP contribution in [0.25, 0.3) is 0 Å². The number of carbonyl (C=O) groups is 1. The van der Waals surface area contributed by atoms with Crippen molar-refractivity contribution >= 4 is 21.8 Å². The lowest BCUT2D eigenvalue weighted by Crippen LogP contribution is -2.43. The normalized spacial score (nSPS) is 15.3. The van der Waals surface area contributed by atoms with Crippen molar-refractivity contribution in [2.75, 3.05) is 58.4 Å². The van der Waals surface area contributed by atoms with Gasteiger partial charge in [-0.1, -0.05) is 24.3 Å². The van der Waals surface area contributed by atoms with Gasteiger partial charge in [-0.2, -0.15) is 0 Å². The number of nitro groups is 1. The van der Waals surface area contributed by atoms with E-state index in [9.17, 15) is 23.3 Å². The van der Waals surface area contributed by atoms with Crippen molar-refractivity contribution in [1.82, 2.24) is 20.4 Å². The lowest BCUT2D eigenvalue weighted by molar-refractivity contribution is -0.429. The number of hydrogen-bond donors (Lipinski definition) is 3. The number of benzene rings is 1. The molecule has 0 spiro atoms. The highest BCUT2D eigenvalue weighted by atomic mass is 32.2. The van der Waals surface area contributed by atoms with Crippen molar-refractivity contribution in [1.29, 1.82) is 0 Å². The summed E-state index contributed by atoms with van der Waals surface area (Å²) in [5.41, 5.74) is 7.71. The number of ether oxygens (including phenoxy) is 1. The van der Waals surface area contributed by atoms with Crippen LogP contribution in [0.4, 0.5) is 0 Å². The van der Waals surface area contributed by atoms with Crippen molar-refractivity contribution in [2.45, 2.75) is 32.9 Å². The summed E-state index contributed by atoms with van der Waals surface area (Å²) < 4.78 is 27.8. The van der Waals surface area contributed by atoms with E-state index >= 15 is 0 Å². The molecule has 0 radical (unpaired) electrons. The van der Waals surface area contributed by atoms with Crippen molar-refractivity contribution in [2.24, 2.45) is 10.7 Å². The highest BCUT2D eigenvalue weighted by molar-refractivity contribution is 7.90. The maximum atomic E-state index is 12.3. The molecule has 0 bridgehead atoms. The standard InChI is InChI=1S/C24H39N7O6S/c1-4-37-22(32)18-30(16-20-9-7-8-19(14-20)15-29-11-5-6-12-29)17-21(31(33)34)23(25)28-24(26-2)27-10-13-38(3,35)36/h7-9,14H,4-6,10-13,15-18,25H2,1-3H3,(H2,26,27,28)/b23-21+. The minimum Gasteiger partial charge on any atom is -0.465 e. The zero-order chi connectivity index (χ0) is 28.1. The second-order valence-electron chi connectivity index (χ2n) is 9.12. The molecule has 1 aliphatic rings. The van der Waals surface area contributed by atoms with E-state index in [2.05, 4.69) is 20.5 Å². The Morgan fingerprint density at radius 3 is 2.55 bits per heavy atom. The average Bonchev–Trinajstić information content (AvgIpc) is 3.34. The van der Waals surface area contributed by atoms with Gasteiger partial charge in [-0.15, -0.1) is 0 Å². The van der Waals surface area contributed by atoms with Crippen LogP contribution in [0.3, 0.4) is 0 Å². The van der Waals surface area contributed by atoms with Crippen LogP contribution in [0.5, 0.6) is 0 Å². The molecule has 14 heteroatoms. The average molecular weight is 554 g/mol. The lowest BCUT2D eigenvalue weighted by atomic mass is 10.1. The van der Waals surface area contributed by atoms with Crippen LogP contribution in [-0.4, -0.2) is 93.5 Å².